The zero-order valence-electron chi connectivity index (χ0n) is 16.6. The first kappa shape index (κ1) is 18.9. The minimum Gasteiger partial charge on any atom is -0.346 e. The number of aromatic nitrogens is 1. The van der Waals surface area contributed by atoms with E-state index in [1.807, 2.05) is 24.3 Å². The average molecular weight is 404 g/mol. The molecule has 0 aliphatic heterocycles. The Kier molecular flexibility index (Phi) is 4.42. The molecular weight excluding hydrogens is 382 g/mol. The maximum absolute atomic E-state index is 14.1. The Morgan fingerprint density at radius 2 is 1.90 bits per heavy atom. The van der Waals surface area contributed by atoms with E-state index in [0.717, 1.165) is 17.5 Å². The van der Waals surface area contributed by atoms with Crippen molar-refractivity contribution in [1.29, 1.82) is 0 Å². The van der Waals surface area contributed by atoms with E-state index in [-0.39, 0.29) is 29.5 Å². The first-order valence-corrected chi connectivity index (χ1v) is 10.3. The van der Waals surface area contributed by atoms with E-state index in [2.05, 4.69) is 17.2 Å². The topological polar surface area (TPSA) is 42.0 Å². The van der Waals surface area contributed by atoms with Gasteiger partial charge < -0.3 is 5.32 Å². The van der Waals surface area contributed by atoms with Gasteiger partial charge in [-0.25, -0.2) is 9.37 Å². The molecule has 152 valence electrons. The number of nitrogens with one attached hydrogen (secondary N) is 1. The summed E-state index contributed by atoms with van der Waals surface area (Å²) in [5.74, 6) is -0.786. The number of carbonyl (C=O) groups excluding carboxylic acids is 1. The van der Waals surface area contributed by atoms with Gasteiger partial charge in [0.25, 0.3) is 0 Å². The second-order valence-electron chi connectivity index (χ2n) is 8.46. The molecule has 1 heterocycles. The Balaban J connectivity index is 1.37. The zero-order valence-corrected chi connectivity index (χ0v) is 16.6. The third-order valence-corrected chi connectivity index (χ3v) is 6.54. The Hall–Kier alpha value is -3.08. The van der Waals surface area contributed by atoms with Crippen molar-refractivity contribution in [3.05, 3.63) is 89.8 Å². The van der Waals surface area contributed by atoms with Crippen LogP contribution in [0.15, 0.2) is 66.9 Å². The molecule has 4 unspecified atom stereocenters. The smallest absolute Gasteiger partial charge is 0.224 e. The lowest BCUT2D eigenvalue weighted by molar-refractivity contribution is -0.123. The van der Waals surface area contributed by atoms with Gasteiger partial charge in [-0.05, 0) is 65.6 Å². The Bertz CT molecular complexity index is 1130. The van der Waals surface area contributed by atoms with Crippen molar-refractivity contribution < 1.29 is 13.6 Å². The Morgan fingerprint density at radius 3 is 2.63 bits per heavy atom. The molecule has 2 fully saturated rings. The fraction of sp³-hybridized carbons (Fsp3) is 0.280. The molecule has 5 heteroatoms. The molecule has 2 aromatic carbocycles. The molecule has 3 aromatic rings. The lowest BCUT2D eigenvalue weighted by Gasteiger charge is -2.21. The van der Waals surface area contributed by atoms with Gasteiger partial charge in [0.1, 0.15) is 5.82 Å². The summed E-state index contributed by atoms with van der Waals surface area (Å²) in [5, 5.41) is 3.24. The third kappa shape index (κ3) is 3.18. The third-order valence-electron chi connectivity index (χ3n) is 6.54. The molecule has 3 nitrogen and oxygen atoms in total. The van der Waals surface area contributed by atoms with Crippen molar-refractivity contribution in [1.82, 2.24) is 10.3 Å². The number of halogens is 2. The van der Waals surface area contributed by atoms with Crippen LogP contribution in [0.2, 0.25) is 0 Å². The maximum atomic E-state index is 14.1. The maximum Gasteiger partial charge on any atom is 0.224 e. The number of nitrogens with zero attached hydrogens (tertiary/aromatic N) is 1. The molecule has 2 aliphatic rings. The number of hydrogen-bond acceptors (Lipinski definition) is 2. The predicted octanol–water partition coefficient (Wildman–Crippen LogP) is 5.18. The van der Waals surface area contributed by atoms with E-state index < -0.39 is 11.5 Å². The van der Waals surface area contributed by atoms with Crippen molar-refractivity contribution in [2.75, 3.05) is 0 Å². The molecule has 30 heavy (non-hydrogen) atoms. The minimum absolute atomic E-state index is 0.0365. The van der Waals surface area contributed by atoms with Crippen LogP contribution in [0.25, 0.3) is 11.1 Å². The van der Waals surface area contributed by atoms with Gasteiger partial charge in [0, 0.05) is 17.7 Å². The highest BCUT2D eigenvalue weighted by atomic mass is 19.1. The van der Waals surface area contributed by atoms with E-state index in [0.29, 0.717) is 17.5 Å². The van der Waals surface area contributed by atoms with Crippen LogP contribution >= 0.6 is 0 Å². The van der Waals surface area contributed by atoms with Crippen LogP contribution in [0.4, 0.5) is 8.78 Å². The molecule has 0 spiro atoms. The van der Waals surface area contributed by atoms with E-state index in [1.165, 1.54) is 12.3 Å². The number of carbonyl (C=O) groups is 1. The molecule has 1 aromatic heterocycles. The molecular formula is C25H22F2N2O. The minimum atomic E-state index is -0.512. The first-order valence-electron chi connectivity index (χ1n) is 10.3. The lowest BCUT2D eigenvalue weighted by atomic mass is 9.97. The molecule has 1 N–H and O–H groups in total. The number of rotatable bonds is 5. The summed E-state index contributed by atoms with van der Waals surface area (Å²) in [7, 11) is 0. The standard InChI is InChI=1S/C25H22F2N2O/c1-15-14-25(15,17-7-4-6-16(12-17)18-9-5-11-28-23(18)27)29-24(30)21-13-20(21)19-8-2-3-10-22(19)26/h2-12,15,20-21H,13-14H2,1H3,(H,29,30). The highest BCUT2D eigenvalue weighted by Crippen LogP contribution is 2.54. The van der Waals surface area contributed by atoms with Gasteiger partial charge in [0.15, 0.2) is 0 Å². The van der Waals surface area contributed by atoms with Crippen LogP contribution in [-0.4, -0.2) is 10.9 Å². The first-order chi connectivity index (χ1) is 14.5. The van der Waals surface area contributed by atoms with E-state index in [4.69, 9.17) is 0 Å². The monoisotopic (exact) mass is 404 g/mol. The fourth-order valence-electron chi connectivity index (χ4n) is 4.56. The summed E-state index contributed by atoms with van der Waals surface area (Å²) in [4.78, 5) is 16.7. The van der Waals surface area contributed by atoms with Crippen LogP contribution < -0.4 is 5.32 Å². The van der Waals surface area contributed by atoms with Crippen LogP contribution in [-0.2, 0) is 10.3 Å². The van der Waals surface area contributed by atoms with Crippen molar-refractivity contribution in [3.8, 4) is 11.1 Å². The molecule has 5 rings (SSSR count). The Morgan fingerprint density at radius 1 is 1.10 bits per heavy atom. The summed E-state index contributed by atoms with van der Waals surface area (Å²) >= 11 is 0. The molecule has 1 amide bonds. The highest BCUT2D eigenvalue weighted by molar-refractivity contribution is 5.84. The van der Waals surface area contributed by atoms with Gasteiger partial charge >= 0.3 is 0 Å². The molecule has 0 radical (unpaired) electrons. The molecule has 0 saturated heterocycles. The lowest BCUT2D eigenvalue weighted by Crippen LogP contribution is -2.37. The van der Waals surface area contributed by atoms with E-state index in [9.17, 15) is 13.6 Å². The number of hydrogen-bond donors (Lipinski definition) is 1. The number of pyridine rings is 1. The summed E-state index contributed by atoms with van der Waals surface area (Å²) in [5.41, 5.74) is 2.31. The van der Waals surface area contributed by atoms with Gasteiger partial charge in [-0.1, -0.05) is 43.3 Å². The van der Waals surface area contributed by atoms with Gasteiger partial charge in [-0.2, -0.15) is 4.39 Å². The SMILES string of the molecule is CC1CC1(NC(=O)C1CC1c1ccccc1F)c1cccc(-c2cccnc2F)c1. The summed E-state index contributed by atoms with van der Waals surface area (Å²) in [6.45, 7) is 2.10. The van der Waals surface area contributed by atoms with Gasteiger partial charge in [-0.3, -0.25) is 4.79 Å². The zero-order chi connectivity index (χ0) is 20.9. The summed E-state index contributed by atoms with van der Waals surface area (Å²) in [6.07, 6.45) is 2.92. The van der Waals surface area contributed by atoms with Crippen LogP contribution in [0.1, 0.15) is 36.8 Å². The molecule has 2 aliphatic carbocycles. The van der Waals surface area contributed by atoms with Gasteiger partial charge in [0.05, 0.1) is 5.54 Å². The second-order valence-corrected chi connectivity index (χ2v) is 8.46. The van der Waals surface area contributed by atoms with Crippen molar-refractivity contribution in [2.24, 2.45) is 11.8 Å². The van der Waals surface area contributed by atoms with E-state index >= 15 is 0 Å². The normalized spacial score (nSPS) is 26.8. The van der Waals surface area contributed by atoms with Gasteiger partial charge in [0.2, 0.25) is 11.9 Å². The summed E-state index contributed by atoms with van der Waals surface area (Å²) in [6, 6.07) is 17.7. The van der Waals surface area contributed by atoms with Gasteiger partial charge in [-0.15, -0.1) is 0 Å². The second kappa shape index (κ2) is 7.01. The largest absolute Gasteiger partial charge is 0.346 e. The van der Waals surface area contributed by atoms with Crippen LogP contribution in [0.3, 0.4) is 0 Å². The quantitative estimate of drug-likeness (QED) is 0.595. The summed E-state index contributed by atoms with van der Waals surface area (Å²) < 4.78 is 28.2. The molecule has 4 atom stereocenters. The van der Waals surface area contributed by atoms with Crippen molar-refractivity contribution in [2.45, 2.75) is 31.2 Å². The Labute approximate surface area is 174 Å². The predicted molar refractivity (Wildman–Crippen MR) is 110 cm³/mol. The average Bonchev–Trinajstić information content (AvgIpc) is 3.66. The van der Waals surface area contributed by atoms with Crippen LogP contribution in [0, 0.1) is 23.6 Å². The highest BCUT2D eigenvalue weighted by Gasteiger charge is 2.56. The fourth-order valence-corrected chi connectivity index (χ4v) is 4.56. The van der Waals surface area contributed by atoms with Crippen LogP contribution in [0.5, 0.6) is 0 Å². The molecule has 0 bridgehead atoms. The van der Waals surface area contributed by atoms with Crippen molar-refractivity contribution in [3.63, 3.8) is 0 Å². The number of amides is 1. The van der Waals surface area contributed by atoms with Crippen molar-refractivity contribution >= 4 is 5.91 Å². The number of benzene rings is 2. The van der Waals surface area contributed by atoms with E-state index in [1.54, 1.807) is 30.3 Å². The molecule has 2 saturated carbocycles.